The number of para-hydroxylation sites is 2. The highest BCUT2D eigenvalue weighted by atomic mass is 16.1. The van der Waals surface area contributed by atoms with Crippen molar-refractivity contribution in [2.24, 2.45) is 0 Å². The molecule has 0 saturated heterocycles. The first-order valence-corrected chi connectivity index (χ1v) is 8.46. The minimum Gasteiger partial charge on any atom is -0.356 e. The predicted molar refractivity (Wildman–Crippen MR) is 93.3 cm³/mol. The molecule has 1 aromatic carbocycles. The zero-order valence-electron chi connectivity index (χ0n) is 13.7. The predicted octanol–water partition coefficient (Wildman–Crippen LogP) is 2.38. The molecule has 5 nitrogen and oxygen atoms in total. The molecule has 0 atom stereocenters. The Hall–Kier alpha value is -2.69. The molecule has 24 heavy (non-hydrogen) atoms. The van der Waals surface area contributed by atoms with E-state index in [0.717, 1.165) is 42.7 Å². The van der Waals surface area contributed by atoms with Gasteiger partial charge in [0.1, 0.15) is 12.4 Å². The monoisotopic (exact) mass is 323 g/mol. The Morgan fingerprint density at radius 1 is 1.08 bits per heavy atom. The van der Waals surface area contributed by atoms with E-state index in [1.54, 1.807) is 0 Å². The van der Waals surface area contributed by atoms with Gasteiger partial charge in [-0.1, -0.05) is 18.2 Å². The number of fused-ring (bicyclic) bond motifs is 1. The van der Waals surface area contributed by atoms with Crippen molar-refractivity contribution in [2.75, 3.05) is 6.54 Å². The van der Waals surface area contributed by atoms with Gasteiger partial charge < -0.3 is 10.3 Å². The normalized spacial score (nSPS) is 10.8. The van der Waals surface area contributed by atoms with Crippen LogP contribution in [0.3, 0.4) is 0 Å². The van der Waals surface area contributed by atoms with Gasteiger partial charge in [-0.15, -0.1) is 0 Å². The van der Waals surface area contributed by atoms with E-state index in [1.807, 2.05) is 54.9 Å². The highest BCUT2D eigenvalue weighted by molar-refractivity contribution is 5.76. The van der Waals surface area contributed by atoms with Crippen molar-refractivity contribution >= 4 is 16.9 Å². The molecule has 3 rings (SSSR count). The van der Waals surface area contributed by atoms with Crippen LogP contribution in [0.25, 0.3) is 11.0 Å². The molecule has 0 aliphatic rings. The first-order valence-electron chi connectivity index (χ1n) is 8.46. The second-order valence-corrected chi connectivity index (χ2v) is 5.87. The van der Waals surface area contributed by atoms with E-state index < -0.39 is 0 Å². The number of carbonyl (C=O) groups is 1. The van der Waals surface area contributed by atoms with Crippen molar-refractivity contribution in [3.05, 3.63) is 60.7 Å². The molecule has 0 bridgehead atoms. The quantitative estimate of drug-likeness (QED) is 0.494. The Bertz CT molecular complexity index is 749. The van der Waals surface area contributed by atoms with Crippen molar-refractivity contribution in [3.63, 3.8) is 0 Å². The van der Waals surface area contributed by atoms with Crippen molar-refractivity contribution < 1.29 is 9.36 Å². The lowest BCUT2D eigenvalue weighted by atomic mass is 10.2. The SMILES string of the molecule is O=C(CCCC[n+]1ccccc1)NCCc1nc2ccccc2[nH]1. The lowest BCUT2D eigenvalue weighted by Crippen LogP contribution is -2.32. The number of hydrogen-bond acceptors (Lipinski definition) is 2. The Morgan fingerprint density at radius 3 is 2.75 bits per heavy atom. The number of aromatic nitrogens is 3. The van der Waals surface area contributed by atoms with Gasteiger partial charge in [0.2, 0.25) is 5.91 Å². The van der Waals surface area contributed by atoms with Crippen LogP contribution >= 0.6 is 0 Å². The topological polar surface area (TPSA) is 61.7 Å². The molecule has 0 aliphatic heterocycles. The Balaban J connectivity index is 1.32. The van der Waals surface area contributed by atoms with Gasteiger partial charge in [-0.25, -0.2) is 9.55 Å². The summed E-state index contributed by atoms with van der Waals surface area (Å²) in [5.41, 5.74) is 2.01. The van der Waals surface area contributed by atoms with Gasteiger partial charge >= 0.3 is 0 Å². The Morgan fingerprint density at radius 2 is 1.92 bits per heavy atom. The van der Waals surface area contributed by atoms with E-state index >= 15 is 0 Å². The van der Waals surface area contributed by atoms with Crippen molar-refractivity contribution in [2.45, 2.75) is 32.2 Å². The minimum atomic E-state index is 0.115. The number of H-pyrrole nitrogens is 1. The van der Waals surface area contributed by atoms with Crippen LogP contribution in [0.4, 0.5) is 0 Å². The largest absolute Gasteiger partial charge is 0.356 e. The Kier molecular flexibility index (Phi) is 5.56. The first-order chi connectivity index (χ1) is 11.8. The summed E-state index contributed by atoms with van der Waals surface area (Å²) >= 11 is 0. The summed E-state index contributed by atoms with van der Waals surface area (Å²) < 4.78 is 2.14. The molecule has 2 N–H and O–H groups in total. The van der Waals surface area contributed by atoms with Crippen molar-refractivity contribution in [1.82, 2.24) is 15.3 Å². The number of aryl methyl sites for hydroxylation is 1. The van der Waals surface area contributed by atoms with Crippen LogP contribution in [0.15, 0.2) is 54.9 Å². The number of hydrogen-bond donors (Lipinski definition) is 2. The van der Waals surface area contributed by atoms with Crippen LogP contribution < -0.4 is 9.88 Å². The summed E-state index contributed by atoms with van der Waals surface area (Å²) in [7, 11) is 0. The number of amides is 1. The lowest BCUT2D eigenvalue weighted by molar-refractivity contribution is -0.697. The molecule has 0 spiro atoms. The summed E-state index contributed by atoms with van der Waals surface area (Å²) in [6.45, 7) is 1.57. The van der Waals surface area contributed by atoms with Gasteiger partial charge in [0.25, 0.3) is 0 Å². The molecule has 0 saturated carbocycles. The number of nitrogens with one attached hydrogen (secondary N) is 2. The summed E-state index contributed by atoms with van der Waals surface area (Å²) in [5, 5.41) is 2.97. The highest BCUT2D eigenvalue weighted by Gasteiger charge is 2.05. The third-order valence-corrected chi connectivity index (χ3v) is 3.97. The number of unbranched alkanes of at least 4 members (excludes halogenated alkanes) is 1. The zero-order chi connectivity index (χ0) is 16.6. The number of rotatable bonds is 8. The number of carbonyl (C=O) groups excluding carboxylic acids is 1. The first kappa shape index (κ1) is 16.2. The fourth-order valence-electron chi connectivity index (χ4n) is 2.70. The minimum absolute atomic E-state index is 0.115. The fraction of sp³-hybridized carbons (Fsp3) is 0.316. The van der Waals surface area contributed by atoms with Crippen LogP contribution in [0.1, 0.15) is 25.1 Å². The van der Waals surface area contributed by atoms with Crippen LogP contribution in [0.5, 0.6) is 0 Å². The molecule has 2 heterocycles. The maximum atomic E-state index is 11.9. The average molecular weight is 323 g/mol. The molecule has 0 unspecified atom stereocenters. The molecule has 0 fully saturated rings. The van der Waals surface area contributed by atoms with Gasteiger partial charge in [0, 0.05) is 37.9 Å². The number of nitrogens with zero attached hydrogens (tertiary/aromatic N) is 2. The molecule has 0 aliphatic carbocycles. The number of pyridine rings is 1. The average Bonchev–Trinajstić information content (AvgIpc) is 3.02. The third-order valence-electron chi connectivity index (χ3n) is 3.97. The molecule has 3 aromatic rings. The number of benzene rings is 1. The van der Waals surface area contributed by atoms with Gasteiger partial charge in [-0.05, 0) is 18.6 Å². The summed E-state index contributed by atoms with van der Waals surface area (Å²) in [5.74, 6) is 1.03. The summed E-state index contributed by atoms with van der Waals surface area (Å²) in [6.07, 6.45) is 7.30. The molecule has 0 radical (unpaired) electrons. The van der Waals surface area contributed by atoms with Crippen LogP contribution in [-0.2, 0) is 17.8 Å². The van der Waals surface area contributed by atoms with Gasteiger partial charge in [0.05, 0.1) is 11.0 Å². The van der Waals surface area contributed by atoms with E-state index in [-0.39, 0.29) is 5.91 Å². The zero-order valence-corrected chi connectivity index (χ0v) is 13.7. The van der Waals surface area contributed by atoms with E-state index in [4.69, 9.17) is 0 Å². The second-order valence-electron chi connectivity index (χ2n) is 5.87. The lowest BCUT2D eigenvalue weighted by Gasteiger charge is -2.03. The van der Waals surface area contributed by atoms with Crippen molar-refractivity contribution in [1.29, 1.82) is 0 Å². The van der Waals surface area contributed by atoms with E-state index in [0.29, 0.717) is 13.0 Å². The van der Waals surface area contributed by atoms with Crippen LogP contribution in [0, 0.1) is 0 Å². The molecule has 1 amide bonds. The van der Waals surface area contributed by atoms with E-state index in [1.165, 1.54) is 0 Å². The van der Waals surface area contributed by atoms with Gasteiger partial charge in [-0.3, -0.25) is 4.79 Å². The molecular formula is C19H23N4O+. The fourth-order valence-corrected chi connectivity index (χ4v) is 2.70. The maximum absolute atomic E-state index is 11.9. The van der Waals surface area contributed by atoms with Crippen LogP contribution in [-0.4, -0.2) is 22.4 Å². The molecule has 2 aromatic heterocycles. The van der Waals surface area contributed by atoms with Gasteiger partial charge in [-0.2, -0.15) is 0 Å². The second kappa shape index (κ2) is 8.24. The molecular weight excluding hydrogens is 300 g/mol. The summed E-state index contributed by atoms with van der Waals surface area (Å²) in [6, 6.07) is 14.0. The molecule has 124 valence electrons. The van der Waals surface area contributed by atoms with Crippen molar-refractivity contribution in [3.8, 4) is 0 Å². The Labute approximate surface area is 141 Å². The number of aromatic amines is 1. The van der Waals surface area contributed by atoms with E-state index in [9.17, 15) is 4.79 Å². The highest BCUT2D eigenvalue weighted by Crippen LogP contribution is 2.10. The van der Waals surface area contributed by atoms with E-state index in [2.05, 4.69) is 19.9 Å². The smallest absolute Gasteiger partial charge is 0.220 e. The molecule has 5 heteroatoms. The third kappa shape index (κ3) is 4.65. The standard InChI is InChI=1S/C19H22N4O/c24-19(10-4-7-15-23-13-5-1-6-14-23)20-12-11-18-21-16-8-2-3-9-17(16)22-18/h1-3,5-6,8-9,13-14H,4,7,10-12,15H2,(H-,20,21,22,24)/p+1. The number of imidazole rings is 1. The van der Waals surface area contributed by atoms with Gasteiger partial charge in [0.15, 0.2) is 12.4 Å². The van der Waals surface area contributed by atoms with Crippen LogP contribution in [0.2, 0.25) is 0 Å². The maximum Gasteiger partial charge on any atom is 0.220 e. The summed E-state index contributed by atoms with van der Waals surface area (Å²) in [4.78, 5) is 19.7.